The molecule has 0 amide bonds. The summed E-state index contributed by atoms with van der Waals surface area (Å²) < 4.78 is 37.5. The van der Waals surface area contributed by atoms with Crippen molar-refractivity contribution < 1.29 is 13.2 Å². The number of hydrogen-bond acceptors (Lipinski definition) is 2. The fourth-order valence-corrected chi connectivity index (χ4v) is 1.25. The Kier molecular flexibility index (Phi) is 1.85. The maximum absolute atomic E-state index is 12.2. The van der Waals surface area contributed by atoms with Gasteiger partial charge in [0.15, 0.2) is 5.65 Å². The fourth-order valence-electron chi connectivity index (χ4n) is 1.25. The molecule has 2 heterocycles. The van der Waals surface area contributed by atoms with E-state index in [-0.39, 0.29) is 5.65 Å². The lowest BCUT2D eigenvalue weighted by Gasteiger charge is -1.98. The number of nitrogens with zero attached hydrogens (tertiary/aromatic N) is 2. The Labute approximate surface area is 81.3 Å². The summed E-state index contributed by atoms with van der Waals surface area (Å²) in [5.74, 6) is -1.18. The number of nitrogens with one attached hydrogen (secondary N) is 1. The normalized spacial score (nSPS) is 12.3. The van der Waals surface area contributed by atoms with Crippen molar-refractivity contribution in [2.75, 3.05) is 0 Å². The molecule has 2 rings (SSSR count). The van der Waals surface area contributed by atoms with Gasteiger partial charge in [0.05, 0.1) is 0 Å². The molecular weight excluding hydrogens is 211 g/mol. The van der Waals surface area contributed by atoms with Gasteiger partial charge in [0, 0.05) is 6.07 Å². The summed E-state index contributed by atoms with van der Waals surface area (Å²) in [7, 11) is 0. The molecule has 0 aliphatic rings. The first-order valence-electron chi connectivity index (χ1n) is 4.04. The number of fused-ring (bicyclic) bond motifs is 1. The Hall–Kier alpha value is -1.79. The van der Waals surface area contributed by atoms with Gasteiger partial charge in [-0.2, -0.15) is 17.7 Å². The number of rotatable bonds is 0. The average Bonchev–Trinajstić information content (AvgIpc) is 2.46. The van der Waals surface area contributed by atoms with Gasteiger partial charge in [-0.25, -0.2) is 4.98 Å². The van der Waals surface area contributed by atoms with Crippen LogP contribution in [0.3, 0.4) is 0 Å². The summed E-state index contributed by atoms with van der Waals surface area (Å²) in [5, 5.41) is 1.90. The van der Waals surface area contributed by atoms with Gasteiger partial charge in [0.2, 0.25) is 5.82 Å². The second kappa shape index (κ2) is 2.85. The van der Waals surface area contributed by atoms with Gasteiger partial charge < -0.3 is 0 Å². The van der Waals surface area contributed by atoms with Gasteiger partial charge in [-0.05, 0) is 18.6 Å². The highest BCUT2D eigenvalue weighted by molar-refractivity contribution is 5.40. The largest absolute Gasteiger partial charge is 0.451 e. The van der Waals surface area contributed by atoms with Crippen molar-refractivity contribution in [3.8, 4) is 0 Å². The predicted molar refractivity (Wildman–Crippen MR) is 45.6 cm³/mol. The van der Waals surface area contributed by atoms with Gasteiger partial charge in [-0.15, -0.1) is 0 Å². The molecule has 4 nitrogen and oxygen atoms in total. The predicted octanol–water partition coefficient (Wildman–Crippen LogP) is 1.35. The Morgan fingerprint density at radius 2 is 2.07 bits per heavy atom. The van der Waals surface area contributed by atoms with Crippen LogP contribution in [-0.4, -0.2) is 14.6 Å². The lowest BCUT2D eigenvalue weighted by molar-refractivity contribution is -0.144. The van der Waals surface area contributed by atoms with E-state index in [1.54, 1.807) is 6.92 Å². The SMILES string of the molecule is Cc1cc(=O)n2[nH]c(C(F)(F)F)nc2c1. The minimum Gasteiger partial charge on any atom is -0.269 e. The third-order valence-electron chi connectivity index (χ3n) is 1.87. The van der Waals surface area contributed by atoms with E-state index >= 15 is 0 Å². The van der Waals surface area contributed by atoms with Crippen LogP contribution in [0.25, 0.3) is 5.65 Å². The molecule has 0 saturated heterocycles. The third kappa shape index (κ3) is 1.60. The zero-order valence-corrected chi connectivity index (χ0v) is 7.59. The summed E-state index contributed by atoms with van der Waals surface area (Å²) in [5.41, 5.74) is -0.0273. The number of hydrogen-bond donors (Lipinski definition) is 1. The highest BCUT2D eigenvalue weighted by Crippen LogP contribution is 2.26. The zero-order valence-electron chi connectivity index (χ0n) is 7.59. The lowest BCUT2D eigenvalue weighted by Crippen LogP contribution is -2.14. The maximum Gasteiger partial charge on any atom is 0.451 e. The Balaban J connectivity index is 2.77. The maximum atomic E-state index is 12.2. The molecule has 0 aliphatic heterocycles. The first-order chi connectivity index (χ1) is 6.88. The van der Waals surface area contributed by atoms with E-state index in [1.807, 2.05) is 5.10 Å². The molecule has 7 heteroatoms. The smallest absolute Gasteiger partial charge is 0.269 e. The van der Waals surface area contributed by atoms with Crippen molar-refractivity contribution in [2.24, 2.45) is 0 Å². The van der Waals surface area contributed by atoms with E-state index in [0.29, 0.717) is 5.56 Å². The number of aromatic nitrogens is 3. The summed E-state index contributed by atoms with van der Waals surface area (Å²) in [6.07, 6.45) is -4.58. The molecule has 0 spiro atoms. The molecule has 0 aromatic carbocycles. The molecule has 0 bridgehead atoms. The van der Waals surface area contributed by atoms with E-state index < -0.39 is 17.6 Å². The molecule has 80 valence electrons. The minimum absolute atomic E-state index is 0.0349. The number of aryl methyl sites for hydroxylation is 1. The van der Waals surface area contributed by atoms with Crippen LogP contribution in [0.1, 0.15) is 11.4 Å². The summed E-state index contributed by atoms with van der Waals surface area (Å²) in [6.45, 7) is 1.61. The quantitative estimate of drug-likeness (QED) is 0.724. The van der Waals surface area contributed by atoms with Gasteiger partial charge >= 0.3 is 6.18 Å². The molecule has 0 unspecified atom stereocenters. The van der Waals surface area contributed by atoms with Gasteiger partial charge in [-0.3, -0.25) is 9.89 Å². The molecule has 0 saturated carbocycles. The molecule has 0 atom stereocenters. The summed E-state index contributed by atoms with van der Waals surface area (Å²) >= 11 is 0. The highest BCUT2D eigenvalue weighted by Gasteiger charge is 2.35. The minimum atomic E-state index is -4.58. The van der Waals surface area contributed by atoms with E-state index in [0.717, 1.165) is 4.52 Å². The number of alkyl halides is 3. The Morgan fingerprint density at radius 1 is 1.40 bits per heavy atom. The monoisotopic (exact) mass is 217 g/mol. The molecule has 2 aromatic heterocycles. The van der Waals surface area contributed by atoms with Crippen LogP contribution >= 0.6 is 0 Å². The van der Waals surface area contributed by atoms with Gasteiger partial charge in [0.25, 0.3) is 5.56 Å². The van der Waals surface area contributed by atoms with Crippen LogP contribution in [0.15, 0.2) is 16.9 Å². The zero-order chi connectivity index (χ0) is 11.2. The van der Waals surface area contributed by atoms with E-state index in [9.17, 15) is 18.0 Å². The van der Waals surface area contributed by atoms with Crippen LogP contribution < -0.4 is 5.56 Å². The van der Waals surface area contributed by atoms with Crippen molar-refractivity contribution in [3.63, 3.8) is 0 Å². The van der Waals surface area contributed by atoms with E-state index in [2.05, 4.69) is 4.98 Å². The summed E-state index contributed by atoms with van der Waals surface area (Å²) in [4.78, 5) is 14.6. The molecule has 1 N–H and O–H groups in total. The first kappa shape index (κ1) is 9.75. The fraction of sp³-hybridized carbons (Fsp3) is 0.250. The van der Waals surface area contributed by atoms with Crippen LogP contribution in [0.2, 0.25) is 0 Å². The molecule has 0 radical (unpaired) electrons. The second-order valence-corrected chi connectivity index (χ2v) is 3.13. The van der Waals surface area contributed by atoms with Crippen LogP contribution in [0.5, 0.6) is 0 Å². The molecule has 2 aromatic rings. The Morgan fingerprint density at radius 3 is 2.67 bits per heavy atom. The molecule has 0 fully saturated rings. The number of pyridine rings is 1. The number of halogens is 3. The number of aromatic amines is 1. The topological polar surface area (TPSA) is 50.2 Å². The van der Waals surface area contributed by atoms with Crippen molar-refractivity contribution in [1.29, 1.82) is 0 Å². The van der Waals surface area contributed by atoms with Crippen molar-refractivity contribution in [2.45, 2.75) is 13.1 Å². The van der Waals surface area contributed by atoms with E-state index in [4.69, 9.17) is 0 Å². The highest BCUT2D eigenvalue weighted by atomic mass is 19.4. The second-order valence-electron chi connectivity index (χ2n) is 3.13. The van der Waals surface area contributed by atoms with Gasteiger partial charge in [-0.1, -0.05) is 0 Å². The lowest BCUT2D eigenvalue weighted by atomic mass is 10.3. The third-order valence-corrected chi connectivity index (χ3v) is 1.87. The standard InChI is InChI=1S/C8H6F3N3O/c1-4-2-5-12-7(8(9,10)11)13-14(5)6(15)3-4/h2-3H,1H3,(H,12,13). The average molecular weight is 217 g/mol. The van der Waals surface area contributed by atoms with Crippen molar-refractivity contribution in [1.82, 2.24) is 14.6 Å². The molecular formula is C8H6F3N3O. The van der Waals surface area contributed by atoms with Crippen molar-refractivity contribution >= 4 is 5.65 Å². The molecule has 15 heavy (non-hydrogen) atoms. The van der Waals surface area contributed by atoms with E-state index in [1.165, 1.54) is 12.1 Å². The Bertz CT molecular complexity index is 566. The van der Waals surface area contributed by atoms with Crippen LogP contribution in [0, 0.1) is 6.92 Å². The van der Waals surface area contributed by atoms with Crippen molar-refractivity contribution in [3.05, 3.63) is 33.9 Å². The van der Waals surface area contributed by atoms with Crippen LogP contribution in [-0.2, 0) is 6.18 Å². The molecule has 0 aliphatic carbocycles. The summed E-state index contributed by atoms with van der Waals surface area (Å²) in [6, 6.07) is 2.62. The van der Waals surface area contributed by atoms with Gasteiger partial charge in [0.1, 0.15) is 0 Å². The van der Waals surface area contributed by atoms with Crippen LogP contribution in [0.4, 0.5) is 13.2 Å². The number of H-pyrrole nitrogens is 1. The first-order valence-corrected chi connectivity index (χ1v) is 4.04.